The fourth-order valence-corrected chi connectivity index (χ4v) is 4.21. The summed E-state index contributed by atoms with van der Waals surface area (Å²) in [5.74, 6) is 0.0932. The maximum Gasteiger partial charge on any atom is 0.270 e. The lowest BCUT2D eigenvalue weighted by atomic mass is 9.96. The molecule has 0 saturated carbocycles. The molecule has 1 saturated heterocycles. The molecule has 0 unspecified atom stereocenters. The molecule has 1 amide bonds. The summed E-state index contributed by atoms with van der Waals surface area (Å²) in [5.41, 5.74) is 2.51. The third-order valence-corrected chi connectivity index (χ3v) is 5.82. The monoisotopic (exact) mass is 431 g/mol. The first-order valence-electron chi connectivity index (χ1n) is 10.5. The number of hydrogen-bond donors (Lipinski definition) is 0. The van der Waals surface area contributed by atoms with Gasteiger partial charge in [0.1, 0.15) is 5.75 Å². The Hall–Kier alpha value is -3.71. The molecule has 1 aliphatic heterocycles. The molecule has 0 aromatic heterocycles. The Morgan fingerprint density at radius 2 is 1.47 bits per heavy atom. The number of nitro groups is 1. The number of ether oxygens (including phenoxy) is 1. The quantitative estimate of drug-likeness (QED) is 0.433. The Labute approximate surface area is 187 Å². The summed E-state index contributed by atoms with van der Waals surface area (Å²) in [7, 11) is 1.46. The summed E-state index contributed by atoms with van der Waals surface area (Å²) in [6.45, 7) is 2.44. The number of carbonyl (C=O) groups excluding carboxylic acids is 1. The molecule has 3 aromatic rings. The summed E-state index contributed by atoms with van der Waals surface area (Å²) in [6.07, 6.45) is 0. The molecule has 0 atom stereocenters. The van der Waals surface area contributed by atoms with E-state index in [1.165, 1.54) is 36.4 Å². The molecule has 0 spiro atoms. The Balaban J connectivity index is 1.54. The number of hydrogen-bond acceptors (Lipinski definition) is 5. The second kappa shape index (κ2) is 9.62. The van der Waals surface area contributed by atoms with Gasteiger partial charge in [0.2, 0.25) is 0 Å². The molecule has 0 radical (unpaired) electrons. The van der Waals surface area contributed by atoms with E-state index in [0.29, 0.717) is 31.9 Å². The third kappa shape index (κ3) is 4.48. The maximum absolute atomic E-state index is 13.2. The van der Waals surface area contributed by atoms with Crippen LogP contribution in [0, 0.1) is 10.1 Å². The highest BCUT2D eigenvalue weighted by molar-refractivity contribution is 5.97. The van der Waals surface area contributed by atoms with E-state index < -0.39 is 4.92 Å². The molecule has 164 valence electrons. The summed E-state index contributed by atoms with van der Waals surface area (Å²) in [5, 5.41) is 11.2. The van der Waals surface area contributed by atoms with Crippen LogP contribution in [0.5, 0.6) is 5.75 Å². The highest BCUT2D eigenvalue weighted by atomic mass is 16.6. The lowest BCUT2D eigenvalue weighted by Gasteiger charge is -2.40. The van der Waals surface area contributed by atoms with E-state index in [2.05, 4.69) is 29.2 Å². The van der Waals surface area contributed by atoms with Crippen molar-refractivity contribution in [2.75, 3.05) is 33.3 Å². The minimum atomic E-state index is -0.502. The average molecular weight is 431 g/mol. The van der Waals surface area contributed by atoms with Crippen LogP contribution >= 0.6 is 0 Å². The highest BCUT2D eigenvalue weighted by Gasteiger charge is 2.30. The SMILES string of the molecule is COc1ccc([N+](=O)[O-])cc1C(=O)N1CCN(C(c2ccccc2)c2ccccc2)CC1. The standard InChI is InChI=1S/C25H25N3O4/c1-32-23-13-12-21(28(30)31)18-22(23)25(29)27-16-14-26(15-17-27)24(19-8-4-2-5-9-19)20-10-6-3-7-11-20/h2-13,18,24H,14-17H2,1H3. The van der Waals surface area contributed by atoms with E-state index >= 15 is 0 Å². The normalized spacial score (nSPS) is 14.4. The van der Waals surface area contributed by atoms with Crippen LogP contribution in [0.4, 0.5) is 5.69 Å². The van der Waals surface area contributed by atoms with Gasteiger partial charge in [0.25, 0.3) is 11.6 Å². The minimum absolute atomic E-state index is 0.0991. The van der Waals surface area contributed by atoms with Crippen molar-refractivity contribution in [3.63, 3.8) is 0 Å². The Bertz CT molecular complexity index is 1040. The fourth-order valence-electron chi connectivity index (χ4n) is 4.21. The Kier molecular flexibility index (Phi) is 6.47. The van der Waals surface area contributed by atoms with Gasteiger partial charge in [0.05, 0.1) is 23.6 Å². The predicted octanol–water partition coefficient (Wildman–Crippen LogP) is 4.15. The molecule has 1 heterocycles. The van der Waals surface area contributed by atoms with E-state index in [4.69, 9.17) is 4.74 Å². The molecule has 7 heteroatoms. The molecular weight excluding hydrogens is 406 g/mol. The molecule has 1 aliphatic rings. The zero-order chi connectivity index (χ0) is 22.5. The topological polar surface area (TPSA) is 75.9 Å². The van der Waals surface area contributed by atoms with Crippen molar-refractivity contribution >= 4 is 11.6 Å². The van der Waals surface area contributed by atoms with Gasteiger partial charge in [0, 0.05) is 38.3 Å². The van der Waals surface area contributed by atoms with Gasteiger partial charge in [-0.2, -0.15) is 0 Å². The summed E-state index contributed by atoms with van der Waals surface area (Å²) < 4.78 is 5.29. The number of benzene rings is 3. The summed E-state index contributed by atoms with van der Waals surface area (Å²) >= 11 is 0. The highest BCUT2D eigenvalue weighted by Crippen LogP contribution is 2.30. The Morgan fingerprint density at radius 1 is 0.906 bits per heavy atom. The number of nitro benzene ring substituents is 1. The van der Waals surface area contributed by atoms with Crippen LogP contribution < -0.4 is 4.74 Å². The number of carbonyl (C=O) groups is 1. The second-order valence-electron chi connectivity index (χ2n) is 7.69. The molecule has 0 N–H and O–H groups in total. The van der Waals surface area contributed by atoms with Gasteiger partial charge in [-0.1, -0.05) is 60.7 Å². The molecule has 7 nitrogen and oxygen atoms in total. The predicted molar refractivity (Wildman–Crippen MR) is 122 cm³/mol. The lowest BCUT2D eigenvalue weighted by Crippen LogP contribution is -2.49. The molecule has 4 rings (SSSR count). The molecule has 0 bridgehead atoms. The molecule has 3 aromatic carbocycles. The van der Waals surface area contributed by atoms with E-state index in [1.807, 2.05) is 36.4 Å². The molecule has 0 aliphatic carbocycles. The van der Waals surface area contributed by atoms with Crippen molar-refractivity contribution in [1.29, 1.82) is 0 Å². The number of rotatable bonds is 6. The average Bonchev–Trinajstić information content (AvgIpc) is 2.85. The van der Waals surface area contributed by atoms with Crippen molar-refractivity contribution in [3.05, 3.63) is 106 Å². The van der Waals surface area contributed by atoms with Crippen molar-refractivity contribution in [2.45, 2.75) is 6.04 Å². The maximum atomic E-state index is 13.2. The largest absolute Gasteiger partial charge is 0.496 e. The van der Waals surface area contributed by atoms with Crippen molar-refractivity contribution in [3.8, 4) is 5.75 Å². The first kappa shape index (κ1) is 21.5. The van der Waals surface area contributed by atoms with Crippen molar-refractivity contribution in [1.82, 2.24) is 9.80 Å². The van der Waals surface area contributed by atoms with Gasteiger partial charge in [-0.05, 0) is 17.2 Å². The van der Waals surface area contributed by atoms with Crippen LogP contribution in [0.3, 0.4) is 0 Å². The fraction of sp³-hybridized carbons (Fsp3) is 0.240. The third-order valence-electron chi connectivity index (χ3n) is 5.82. The summed E-state index contributed by atoms with van der Waals surface area (Å²) in [4.78, 5) is 28.0. The lowest BCUT2D eigenvalue weighted by molar-refractivity contribution is -0.384. The zero-order valence-electron chi connectivity index (χ0n) is 17.9. The number of non-ortho nitro benzene ring substituents is 1. The van der Waals surface area contributed by atoms with Crippen LogP contribution in [-0.2, 0) is 0 Å². The van der Waals surface area contributed by atoms with Gasteiger partial charge in [0.15, 0.2) is 0 Å². The Morgan fingerprint density at radius 3 is 1.97 bits per heavy atom. The van der Waals surface area contributed by atoms with Crippen LogP contribution in [0.2, 0.25) is 0 Å². The number of nitrogens with zero attached hydrogens (tertiary/aromatic N) is 3. The van der Waals surface area contributed by atoms with Gasteiger partial charge in [-0.15, -0.1) is 0 Å². The van der Waals surface area contributed by atoms with E-state index in [9.17, 15) is 14.9 Å². The van der Waals surface area contributed by atoms with Gasteiger partial charge in [-0.25, -0.2) is 0 Å². The number of piperazine rings is 1. The van der Waals surface area contributed by atoms with E-state index in [-0.39, 0.29) is 23.2 Å². The van der Waals surface area contributed by atoms with Crippen molar-refractivity contribution in [2.24, 2.45) is 0 Å². The van der Waals surface area contributed by atoms with E-state index in [1.54, 1.807) is 4.90 Å². The van der Waals surface area contributed by atoms with Crippen LogP contribution in [0.15, 0.2) is 78.9 Å². The molecular formula is C25H25N3O4. The van der Waals surface area contributed by atoms with Crippen LogP contribution in [0.25, 0.3) is 0 Å². The molecule has 1 fully saturated rings. The first-order chi connectivity index (χ1) is 15.6. The number of amides is 1. The zero-order valence-corrected chi connectivity index (χ0v) is 17.9. The van der Waals surface area contributed by atoms with Crippen LogP contribution in [0.1, 0.15) is 27.5 Å². The van der Waals surface area contributed by atoms with Gasteiger partial charge >= 0.3 is 0 Å². The molecule has 32 heavy (non-hydrogen) atoms. The van der Waals surface area contributed by atoms with E-state index in [0.717, 1.165) is 0 Å². The number of methoxy groups -OCH3 is 1. The van der Waals surface area contributed by atoms with Gasteiger partial charge < -0.3 is 9.64 Å². The first-order valence-corrected chi connectivity index (χ1v) is 10.5. The second-order valence-corrected chi connectivity index (χ2v) is 7.69. The van der Waals surface area contributed by atoms with Gasteiger partial charge in [-0.3, -0.25) is 19.8 Å². The minimum Gasteiger partial charge on any atom is -0.496 e. The van der Waals surface area contributed by atoms with Crippen molar-refractivity contribution < 1.29 is 14.5 Å². The van der Waals surface area contributed by atoms with Crippen LogP contribution in [-0.4, -0.2) is 53.9 Å². The summed E-state index contributed by atoms with van der Waals surface area (Å²) in [6, 6.07) is 24.9. The smallest absolute Gasteiger partial charge is 0.270 e.